The number of ether oxygens (including phenoxy) is 1. The van der Waals surface area contributed by atoms with Crippen LogP contribution in [0.25, 0.3) is 0 Å². The Hall–Kier alpha value is -3.07. The van der Waals surface area contributed by atoms with Crippen LogP contribution < -0.4 is 20.1 Å². The van der Waals surface area contributed by atoms with E-state index in [0.717, 1.165) is 43.2 Å². The average molecular weight is 500 g/mol. The van der Waals surface area contributed by atoms with E-state index < -0.39 is 16.1 Å². The fourth-order valence-electron chi connectivity index (χ4n) is 4.67. The fraction of sp³-hybridized carbons (Fsp3) is 0.462. The summed E-state index contributed by atoms with van der Waals surface area (Å²) in [5.41, 5.74) is 2.44. The highest BCUT2D eigenvalue weighted by molar-refractivity contribution is 7.90. The Balaban J connectivity index is 1.27. The number of fused-ring (bicyclic) bond motifs is 1. The predicted molar refractivity (Wildman–Crippen MR) is 133 cm³/mol. The van der Waals surface area contributed by atoms with Crippen molar-refractivity contribution in [1.82, 2.24) is 15.4 Å². The molecule has 0 radical (unpaired) electrons. The molecule has 1 heterocycles. The molecule has 0 aromatic heterocycles. The summed E-state index contributed by atoms with van der Waals surface area (Å²) in [6, 6.07) is 11.2. The molecule has 1 fully saturated rings. The zero-order valence-electron chi connectivity index (χ0n) is 20.2. The van der Waals surface area contributed by atoms with Crippen LogP contribution >= 0.6 is 0 Å². The average Bonchev–Trinajstić information content (AvgIpc) is 3.20. The summed E-state index contributed by atoms with van der Waals surface area (Å²) in [7, 11) is -3.96. The summed E-state index contributed by atoms with van der Waals surface area (Å²) in [6.07, 6.45) is 5.16. The number of benzene rings is 2. The number of hydrogen-bond acceptors (Lipinski definition) is 5. The minimum atomic E-state index is -3.96. The van der Waals surface area contributed by atoms with Crippen LogP contribution in [0, 0.1) is 5.92 Å². The Morgan fingerprint density at radius 3 is 2.43 bits per heavy atom. The lowest BCUT2D eigenvalue weighted by atomic mass is 9.87. The summed E-state index contributed by atoms with van der Waals surface area (Å²) in [4.78, 5) is 24.9. The van der Waals surface area contributed by atoms with Gasteiger partial charge < -0.3 is 15.4 Å². The second kappa shape index (κ2) is 10.7. The van der Waals surface area contributed by atoms with Crippen LogP contribution in [0.15, 0.2) is 47.4 Å². The molecule has 0 saturated heterocycles. The molecule has 1 aliphatic carbocycles. The van der Waals surface area contributed by atoms with Gasteiger partial charge in [-0.05, 0) is 74.3 Å². The Bertz CT molecular complexity index is 1170. The number of carbonyl (C=O) groups excluding carboxylic acids is 2. The largest absolute Gasteiger partial charge is 0.489 e. The molecule has 0 spiro atoms. The molecule has 9 heteroatoms. The first-order valence-corrected chi connectivity index (χ1v) is 13.7. The van der Waals surface area contributed by atoms with Crippen molar-refractivity contribution < 1.29 is 22.7 Å². The molecule has 1 aliphatic heterocycles. The molecule has 3 N–H and O–H groups in total. The lowest BCUT2D eigenvalue weighted by molar-refractivity contribution is 0.0949. The van der Waals surface area contributed by atoms with Crippen molar-refractivity contribution in [3.63, 3.8) is 0 Å². The summed E-state index contributed by atoms with van der Waals surface area (Å²) < 4.78 is 33.1. The number of nitrogens with one attached hydrogen (secondary N) is 3. The minimum absolute atomic E-state index is 0.00546. The van der Waals surface area contributed by atoms with Crippen molar-refractivity contribution in [3.8, 4) is 5.75 Å². The Morgan fingerprint density at radius 1 is 1.00 bits per heavy atom. The first kappa shape index (κ1) is 25.0. The normalized spacial score (nSPS) is 21.5. The minimum Gasteiger partial charge on any atom is -0.489 e. The van der Waals surface area contributed by atoms with Crippen molar-refractivity contribution in [3.05, 3.63) is 59.2 Å². The standard InChI is InChI=1S/C26H33N3O5S/c1-17-6-10-21(11-7-17)28-26(31)29-35(32,33)22-12-8-19(9-13-22)14-15-27-25(30)23-5-3-4-20-16-18(2)34-24(20)23/h3-5,8-9,12-13,17-18,21H,6-7,10-11,14-16H2,1-2H3,(H,27,30)(H2,28,29,31). The van der Waals surface area contributed by atoms with Crippen molar-refractivity contribution in [2.45, 2.75) is 69.4 Å². The summed E-state index contributed by atoms with van der Waals surface area (Å²) in [5, 5.41) is 5.67. The Labute approximate surface area is 206 Å². The van der Waals surface area contributed by atoms with E-state index in [0.29, 0.717) is 30.2 Å². The molecule has 3 amide bonds. The molecular formula is C26H33N3O5S. The third-order valence-corrected chi connectivity index (χ3v) is 8.03. The molecule has 188 valence electrons. The van der Waals surface area contributed by atoms with Gasteiger partial charge in [-0.1, -0.05) is 31.2 Å². The van der Waals surface area contributed by atoms with Gasteiger partial charge in [0.1, 0.15) is 11.9 Å². The number of carbonyl (C=O) groups is 2. The second-order valence-electron chi connectivity index (χ2n) is 9.61. The van der Waals surface area contributed by atoms with Crippen LogP contribution in [0.1, 0.15) is 61.0 Å². The van der Waals surface area contributed by atoms with Gasteiger partial charge in [0.15, 0.2) is 0 Å². The van der Waals surface area contributed by atoms with E-state index >= 15 is 0 Å². The number of sulfonamides is 1. The number of hydrogen-bond donors (Lipinski definition) is 3. The van der Waals surface area contributed by atoms with Crippen LogP contribution in [0.4, 0.5) is 4.79 Å². The van der Waals surface area contributed by atoms with Gasteiger partial charge in [0.05, 0.1) is 10.5 Å². The quantitative estimate of drug-likeness (QED) is 0.539. The molecule has 8 nitrogen and oxygen atoms in total. The topological polar surface area (TPSA) is 114 Å². The molecule has 4 rings (SSSR count). The fourth-order valence-corrected chi connectivity index (χ4v) is 5.58. The molecule has 1 atom stereocenters. The number of amides is 3. The first-order chi connectivity index (χ1) is 16.7. The lowest BCUT2D eigenvalue weighted by Crippen LogP contribution is -2.45. The van der Waals surface area contributed by atoms with Gasteiger partial charge in [-0.25, -0.2) is 17.9 Å². The molecule has 2 aromatic rings. The van der Waals surface area contributed by atoms with E-state index in [1.54, 1.807) is 18.2 Å². The zero-order chi connectivity index (χ0) is 25.0. The predicted octanol–water partition coefficient (Wildman–Crippen LogP) is 3.55. The Kier molecular flexibility index (Phi) is 7.64. The van der Waals surface area contributed by atoms with Gasteiger partial charge in [-0.15, -0.1) is 0 Å². The van der Waals surface area contributed by atoms with E-state index in [1.807, 2.05) is 19.1 Å². The monoisotopic (exact) mass is 499 g/mol. The van der Waals surface area contributed by atoms with E-state index in [4.69, 9.17) is 4.74 Å². The van der Waals surface area contributed by atoms with E-state index in [-0.39, 0.29) is 22.9 Å². The van der Waals surface area contributed by atoms with Gasteiger partial charge in [0, 0.05) is 19.0 Å². The van der Waals surface area contributed by atoms with Crippen LogP contribution in [0.3, 0.4) is 0 Å². The van der Waals surface area contributed by atoms with E-state index in [9.17, 15) is 18.0 Å². The van der Waals surface area contributed by atoms with Crippen LogP contribution in [-0.2, 0) is 22.9 Å². The first-order valence-electron chi connectivity index (χ1n) is 12.2. The van der Waals surface area contributed by atoms with Crippen molar-refractivity contribution in [1.29, 1.82) is 0 Å². The molecule has 1 saturated carbocycles. The third-order valence-electron chi connectivity index (χ3n) is 6.68. The maximum absolute atomic E-state index is 12.6. The maximum Gasteiger partial charge on any atom is 0.328 e. The highest BCUT2D eigenvalue weighted by atomic mass is 32.2. The number of rotatable bonds is 7. The Morgan fingerprint density at radius 2 is 1.71 bits per heavy atom. The second-order valence-corrected chi connectivity index (χ2v) is 11.3. The van der Waals surface area contributed by atoms with E-state index in [2.05, 4.69) is 22.3 Å². The molecule has 2 aliphatic rings. The van der Waals surface area contributed by atoms with Gasteiger partial charge in [-0.3, -0.25) is 4.79 Å². The lowest BCUT2D eigenvalue weighted by Gasteiger charge is -2.26. The maximum atomic E-state index is 12.6. The van der Waals surface area contributed by atoms with E-state index in [1.165, 1.54) is 12.1 Å². The number of para-hydroxylation sites is 1. The summed E-state index contributed by atoms with van der Waals surface area (Å²) in [6.45, 7) is 4.55. The molecular weight excluding hydrogens is 466 g/mol. The highest BCUT2D eigenvalue weighted by Crippen LogP contribution is 2.32. The van der Waals surface area contributed by atoms with Crippen molar-refractivity contribution in [2.75, 3.05) is 6.54 Å². The van der Waals surface area contributed by atoms with Crippen molar-refractivity contribution >= 4 is 22.0 Å². The number of urea groups is 1. The van der Waals surface area contributed by atoms with Gasteiger partial charge in [0.2, 0.25) is 0 Å². The zero-order valence-corrected chi connectivity index (χ0v) is 21.0. The SMILES string of the molecule is CC1CCC(NC(=O)NS(=O)(=O)c2ccc(CCNC(=O)c3cccc4c3OC(C)C4)cc2)CC1. The summed E-state index contributed by atoms with van der Waals surface area (Å²) in [5.74, 6) is 1.10. The van der Waals surface area contributed by atoms with Gasteiger partial charge in [-0.2, -0.15) is 0 Å². The van der Waals surface area contributed by atoms with Gasteiger partial charge in [0.25, 0.3) is 15.9 Å². The summed E-state index contributed by atoms with van der Waals surface area (Å²) >= 11 is 0. The van der Waals surface area contributed by atoms with Crippen LogP contribution in [0.2, 0.25) is 0 Å². The molecule has 1 unspecified atom stereocenters. The molecule has 35 heavy (non-hydrogen) atoms. The van der Waals surface area contributed by atoms with Gasteiger partial charge >= 0.3 is 6.03 Å². The molecule has 0 bridgehead atoms. The van der Waals surface area contributed by atoms with Crippen molar-refractivity contribution in [2.24, 2.45) is 5.92 Å². The smallest absolute Gasteiger partial charge is 0.328 e. The van der Waals surface area contributed by atoms with Crippen LogP contribution in [0.5, 0.6) is 5.75 Å². The van der Waals surface area contributed by atoms with Crippen LogP contribution in [-0.4, -0.2) is 39.0 Å². The third kappa shape index (κ3) is 6.33. The molecule has 2 aromatic carbocycles. The highest BCUT2D eigenvalue weighted by Gasteiger charge is 2.25.